The Morgan fingerprint density at radius 3 is 2.65 bits per heavy atom. The third-order valence-electron chi connectivity index (χ3n) is 3.37. The number of hydrogen-bond donors (Lipinski definition) is 2. The molecule has 0 unspecified atom stereocenters. The lowest BCUT2D eigenvalue weighted by Gasteiger charge is -2.27. The van der Waals surface area contributed by atoms with Crippen molar-refractivity contribution in [3.63, 3.8) is 0 Å². The van der Waals surface area contributed by atoms with Crippen LogP contribution in [0.3, 0.4) is 0 Å². The maximum absolute atomic E-state index is 11.9. The Kier molecular flexibility index (Phi) is 4.15. The van der Waals surface area contributed by atoms with Gasteiger partial charge in [-0.05, 0) is 44.4 Å². The highest BCUT2D eigenvalue weighted by Crippen LogP contribution is 2.25. The molecule has 1 aromatic carbocycles. The minimum atomic E-state index is -0.129. The normalized spacial score (nSPS) is 17.2. The molecule has 0 saturated heterocycles. The molecule has 1 aliphatic carbocycles. The highest BCUT2D eigenvalue weighted by molar-refractivity contribution is 5.94. The zero-order valence-electron chi connectivity index (χ0n) is 10.3. The van der Waals surface area contributed by atoms with Crippen LogP contribution in [-0.4, -0.2) is 18.5 Å². The summed E-state index contributed by atoms with van der Waals surface area (Å²) in [6.45, 7) is 2.88. The van der Waals surface area contributed by atoms with Crippen molar-refractivity contribution < 1.29 is 4.79 Å². The molecule has 2 N–H and O–H groups in total. The molecular weight excluding hydrogens is 212 g/mol. The molecule has 92 valence electrons. The van der Waals surface area contributed by atoms with Crippen LogP contribution in [0.1, 0.15) is 26.2 Å². The molecule has 1 atom stereocenters. The average molecular weight is 232 g/mol. The highest BCUT2D eigenvalue weighted by Gasteiger charge is 2.19. The molecule has 1 saturated carbocycles. The molecule has 0 spiro atoms. The molecule has 0 aromatic heterocycles. The van der Waals surface area contributed by atoms with Crippen LogP contribution in [0.2, 0.25) is 0 Å². The Balaban J connectivity index is 1.74. The van der Waals surface area contributed by atoms with Crippen molar-refractivity contribution in [2.45, 2.75) is 32.2 Å². The van der Waals surface area contributed by atoms with E-state index in [2.05, 4.69) is 10.6 Å². The number of anilines is 1. The summed E-state index contributed by atoms with van der Waals surface area (Å²) in [4.78, 5) is 11.9. The van der Waals surface area contributed by atoms with Crippen LogP contribution < -0.4 is 10.6 Å². The topological polar surface area (TPSA) is 41.1 Å². The Labute approximate surface area is 103 Å². The van der Waals surface area contributed by atoms with Crippen LogP contribution in [0, 0.1) is 5.92 Å². The van der Waals surface area contributed by atoms with Gasteiger partial charge in [-0.2, -0.15) is 0 Å². The summed E-state index contributed by atoms with van der Waals surface area (Å²) in [5.41, 5.74) is 0.856. The van der Waals surface area contributed by atoms with E-state index in [0.29, 0.717) is 0 Å². The van der Waals surface area contributed by atoms with E-state index in [0.717, 1.165) is 18.2 Å². The standard InChI is InChI=1S/C14H20N2O/c1-11(15-10-12-6-5-7-12)14(17)16-13-8-3-2-4-9-13/h2-4,8-9,11-12,15H,5-7,10H2,1H3,(H,16,17)/t11-/m0/s1. The summed E-state index contributed by atoms with van der Waals surface area (Å²) < 4.78 is 0. The number of rotatable bonds is 5. The number of para-hydroxylation sites is 1. The number of nitrogens with one attached hydrogen (secondary N) is 2. The first-order valence-electron chi connectivity index (χ1n) is 6.35. The summed E-state index contributed by atoms with van der Waals surface area (Å²) in [6.07, 6.45) is 3.96. The molecule has 0 radical (unpaired) electrons. The molecule has 1 fully saturated rings. The van der Waals surface area contributed by atoms with E-state index in [1.165, 1.54) is 19.3 Å². The van der Waals surface area contributed by atoms with Crippen molar-refractivity contribution >= 4 is 11.6 Å². The van der Waals surface area contributed by atoms with Crippen LogP contribution in [-0.2, 0) is 4.79 Å². The number of carbonyl (C=O) groups is 1. The second-order valence-corrected chi connectivity index (χ2v) is 4.78. The van der Waals surface area contributed by atoms with Crippen LogP contribution in [0.5, 0.6) is 0 Å². The molecule has 2 rings (SSSR count). The molecule has 0 aliphatic heterocycles. The van der Waals surface area contributed by atoms with E-state index in [1.807, 2.05) is 37.3 Å². The molecule has 3 heteroatoms. The van der Waals surface area contributed by atoms with E-state index in [9.17, 15) is 4.79 Å². The third kappa shape index (κ3) is 3.56. The van der Waals surface area contributed by atoms with Crippen LogP contribution in [0.15, 0.2) is 30.3 Å². The fourth-order valence-electron chi connectivity index (χ4n) is 1.91. The lowest BCUT2D eigenvalue weighted by atomic mass is 9.85. The number of hydrogen-bond acceptors (Lipinski definition) is 2. The maximum atomic E-state index is 11.9. The SMILES string of the molecule is C[C@H](NCC1CCC1)C(=O)Nc1ccccc1. The van der Waals surface area contributed by atoms with Gasteiger partial charge in [0.05, 0.1) is 6.04 Å². The Bertz CT molecular complexity index is 360. The summed E-state index contributed by atoms with van der Waals surface area (Å²) in [6, 6.07) is 9.45. The van der Waals surface area contributed by atoms with Gasteiger partial charge in [-0.3, -0.25) is 4.79 Å². The van der Waals surface area contributed by atoms with E-state index in [4.69, 9.17) is 0 Å². The van der Waals surface area contributed by atoms with Gasteiger partial charge in [0.2, 0.25) is 5.91 Å². The van der Waals surface area contributed by atoms with Gasteiger partial charge in [-0.25, -0.2) is 0 Å². The predicted molar refractivity (Wildman–Crippen MR) is 69.9 cm³/mol. The highest BCUT2D eigenvalue weighted by atomic mass is 16.2. The van der Waals surface area contributed by atoms with Crippen LogP contribution in [0.4, 0.5) is 5.69 Å². The molecule has 0 heterocycles. The Morgan fingerprint density at radius 1 is 1.35 bits per heavy atom. The fourth-order valence-corrected chi connectivity index (χ4v) is 1.91. The van der Waals surface area contributed by atoms with Gasteiger partial charge in [0, 0.05) is 5.69 Å². The molecular formula is C14H20N2O. The van der Waals surface area contributed by atoms with Crippen molar-refractivity contribution in [2.75, 3.05) is 11.9 Å². The smallest absolute Gasteiger partial charge is 0.241 e. The first kappa shape index (κ1) is 12.1. The average Bonchev–Trinajstić information content (AvgIpc) is 2.28. The Hall–Kier alpha value is -1.35. The third-order valence-corrected chi connectivity index (χ3v) is 3.37. The molecule has 1 aromatic rings. The second-order valence-electron chi connectivity index (χ2n) is 4.78. The Morgan fingerprint density at radius 2 is 2.06 bits per heavy atom. The molecule has 1 amide bonds. The number of carbonyl (C=O) groups excluding carboxylic acids is 1. The van der Waals surface area contributed by atoms with Gasteiger partial charge >= 0.3 is 0 Å². The van der Waals surface area contributed by atoms with Crippen LogP contribution >= 0.6 is 0 Å². The van der Waals surface area contributed by atoms with Gasteiger partial charge in [-0.15, -0.1) is 0 Å². The van der Waals surface area contributed by atoms with Crippen molar-refractivity contribution in [3.05, 3.63) is 30.3 Å². The first-order valence-corrected chi connectivity index (χ1v) is 6.35. The van der Waals surface area contributed by atoms with Crippen LogP contribution in [0.25, 0.3) is 0 Å². The minimum absolute atomic E-state index is 0.0375. The zero-order valence-corrected chi connectivity index (χ0v) is 10.3. The lowest BCUT2D eigenvalue weighted by molar-refractivity contribution is -0.117. The quantitative estimate of drug-likeness (QED) is 0.818. The number of benzene rings is 1. The van der Waals surface area contributed by atoms with Crippen molar-refractivity contribution in [3.8, 4) is 0 Å². The zero-order chi connectivity index (χ0) is 12.1. The predicted octanol–water partition coefficient (Wildman–Crippen LogP) is 2.40. The van der Waals surface area contributed by atoms with Crippen molar-refractivity contribution in [2.24, 2.45) is 5.92 Å². The largest absolute Gasteiger partial charge is 0.325 e. The lowest BCUT2D eigenvalue weighted by Crippen LogP contribution is -2.41. The summed E-state index contributed by atoms with van der Waals surface area (Å²) in [7, 11) is 0. The molecule has 0 bridgehead atoms. The van der Waals surface area contributed by atoms with E-state index >= 15 is 0 Å². The van der Waals surface area contributed by atoms with Crippen molar-refractivity contribution in [1.82, 2.24) is 5.32 Å². The molecule has 1 aliphatic rings. The van der Waals surface area contributed by atoms with E-state index < -0.39 is 0 Å². The summed E-state index contributed by atoms with van der Waals surface area (Å²) in [5.74, 6) is 0.817. The van der Waals surface area contributed by atoms with Gasteiger partial charge in [-0.1, -0.05) is 24.6 Å². The van der Waals surface area contributed by atoms with Gasteiger partial charge < -0.3 is 10.6 Å². The minimum Gasteiger partial charge on any atom is -0.325 e. The molecule has 3 nitrogen and oxygen atoms in total. The summed E-state index contributed by atoms with van der Waals surface area (Å²) >= 11 is 0. The monoisotopic (exact) mass is 232 g/mol. The van der Waals surface area contributed by atoms with E-state index in [1.54, 1.807) is 0 Å². The summed E-state index contributed by atoms with van der Waals surface area (Å²) in [5, 5.41) is 6.19. The van der Waals surface area contributed by atoms with Gasteiger partial charge in [0.1, 0.15) is 0 Å². The number of amides is 1. The maximum Gasteiger partial charge on any atom is 0.241 e. The molecule has 17 heavy (non-hydrogen) atoms. The second kappa shape index (κ2) is 5.82. The first-order chi connectivity index (χ1) is 8.25. The van der Waals surface area contributed by atoms with Crippen molar-refractivity contribution in [1.29, 1.82) is 0 Å². The van der Waals surface area contributed by atoms with Gasteiger partial charge in [0.15, 0.2) is 0 Å². The van der Waals surface area contributed by atoms with E-state index in [-0.39, 0.29) is 11.9 Å². The van der Waals surface area contributed by atoms with Gasteiger partial charge in [0.25, 0.3) is 0 Å². The fraction of sp³-hybridized carbons (Fsp3) is 0.500.